The predicted molar refractivity (Wildman–Crippen MR) is 299 cm³/mol. The van der Waals surface area contributed by atoms with E-state index in [1.807, 2.05) is 145 Å². The van der Waals surface area contributed by atoms with Crippen LogP contribution in [0.1, 0.15) is 78.6 Å². The summed E-state index contributed by atoms with van der Waals surface area (Å²) < 4.78 is 12.8. The Balaban J connectivity index is 0.000000266. The van der Waals surface area contributed by atoms with Gasteiger partial charge in [-0.3, -0.25) is 33.5 Å². The molecule has 1 amide bonds. The van der Waals surface area contributed by atoms with E-state index in [1.165, 1.54) is 0 Å². The molecule has 5 N–H and O–H groups in total. The lowest BCUT2D eigenvalue weighted by atomic mass is 10.1. The van der Waals surface area contributed by atoms with Crippen LogP contribution in [-0.4, -0.2) is 95.8 Å². The number of unbranched alkanes of at least 4 members (excludes halogenated alkanes) is 6. The highest BCUT2D eigenvalue weighted by molar-refractivity contribution is 9.10. The number of esters is 1. The van der Waals surface area contributed by atoms with E-state index in [0.717, 1.165) is 104 Å². The number of carbonyl (C=O) groups is 2. The van der Waals surface area contributed by atoms with Gasteiger partial charge in [-0.2, -0.15) is 20.4 Å². The second kappa shape index (κ2) is 36.0. The molecule has 0 spiro atoms. The highest BCUT2D eigenvalue weighted by Crippen LogP contribution is 2.23. The summed E-state index contributed by atoms with van der Waals surface area (Å²) in [6.45, 7) is 3.97. The lowest BCUT2D eigenvalue weighted by molar-refractivity contribution is -0.143. The van der Waals surface area contributed by atoms with Crippen LogP contribution in [0.25, 0.3) is 0 Å². The van der Waals surface area contributed by atoms with E-state index < -0.39 is 0 Å². The average molecular weight is 1090 g/mol. The van der Waals surface area contributed by atoms with Crippen LogP contribution in [0, 0.1) is 0 Å². The van der Waals surface area contributed by atoms with Crippen molar-refractivity contribution >= 4 is 68.5 Å². The molecule has 8 aromatic rings. The first-order valence-corrected chi connectivity index (χ1v) is 25.2. The van der Waals surface area contributed by atoms with Gasteiger partial charge in [-0.1, -0.05) is 57.4 Å². The molecular formula is C53H74BrN17O4. The van der Waals surface area contributed by atoms with Crippen LogP contribution < -0.4 is 26.3 Å². The normalized spacial score (nSPS) is 10.0. The average Bonchev–Trinajstić information content (AvgIpc) is 4.24. The number of nitrogen functional groups attached to an aromatic ring is 1. The molecule has 0 atom stereocenters. The Bertz CT molecular complexity index is 2690. The number of nitrogens with zero attached hydrogens (tertiary/aromatic N) is 14. The summed E-state index contributed by atoms with van der Waals surface area (Å²) in [5.41, 5.74) is 6.90. The fourth-order valence-electron chi connectivity index (χ4n) is 6.73. The number of halogens is 1. The number of hydrogen-bond acceptors (Lipinski definition) is 16. The quantitative estimate of drug-likeness (QED) is 0.0172. The number of nitrogens with two attached hydrogens (primary N) is 1. The summed E-state index contributed by atoms with van der Waals surface area (Å²) in [4.78, 5) is 43.3. The van der Waals surface area contributed by atoms with Crippen molar-refractivity contribution in [2.45, 2.75) is 78.6 Å². The number of rotatable bonds is 21. The lowest BCUT2D eigenvalue weighted by Crippen LogP contribution is -2.20. The molecule has 8 aromatic heterocycles. The minimum atomic E-state index is -0.325. The molecule has 0 saturated carbocycles. The van der Waals surface area contributed by atoms with Crippen molar-refractivity contribution in [1.82, 2.24) is 64.5 Å². The van der Waals surface area contributed by atoms with Crippen LogP contribution in [0.2, 0.25) is 0 Å². The third-order valence-electron chi connectivity index (χ3n) is 10.3. The molecular weight excluding hydrogens is 1020 g/mol. The first kappa shape index (κ1) is 61.3. The Morgan fingerprint density at radius 1 is 0.560 bits per heavy atom. The van der Waals surface area contributed by atoms with Crippen molar-refractivity contribution in [3.05, 3.63) is 151 Å². The van der Waals surface area contributed by atoms with Gasteiger partial charge >= 0.3 is 5.97 Å². The zero-order valence-electron chi connectivity index (χ0n) is 42.9. The molecule has 8 rings (SSSR count). The van der Waals surface area contributed by atoms with Crippen molar-refractivity contribution in [2.24, 2.45) is 28.2 Å². The molecule has 22 heteroatoms. The van der Waals surface area contributed by atoms with Gasteiger partial charge in [0, 0.05) is 122 Å². The predicted octanol–water partition coefficient (Wildman–Crippen LogP) is 9.92. The van der Waals surface area contributed by atoms with Gasteiger partial charge in [0.15, 0.2) is 17.5 Å². The van der Waals surface area contributed by atoms with Gasteiger partial charge in [0.05, 0.1) is 6.61 Å². The Labute approximate surface area is 449 Å². The minimum absolute atomic E-state index is 0. The molecule has 0 aromatic carbocycles. The molecule has 0 aliphatic heterocycles. The number of anilines is 7. The molecule has 0 aliphatic rings. The Morgan fingerprint density at radius 2 is 1.04 bits per heavy atom. The van der Waals surface area contributed by atoms with Crippen molar-refractivity contribution in [3.63, 3.8) is 0 Å². The van der Waals surface area contributed by atoms with Crippen molar-refractivity contribution in [2.75, 3.05) is 40.5 Å². The van der Waals surface area contributed by atoms with Crippen LogP contribution in [-0.2, 0) is 42.5 Å². The summed E-state index contributed by atoms with van der Waals surface area (Å²) in [6, 6.07) is 30.7. The molecule has 21 nitrogen and oxygen atoms in total. The van der Waals surface area contributed by atoms with E-state index in [2.05, 4.69) is 71.4 Å². The molecule has 75 heavy (non-hydrogen) atoms. The second-order valence-electron chi connectivity index (χ2n) is 16.3. The smallest absolute Gasteiger partial charge is 0.305 e. The summed E-state index contributed by atoms with van der Waals surface area (Å²) in [5, 5.41) is 28.4. The monoisotopic (exact) mass is 1090 g/mol. The Hall–Kier alpha value is -7.98. The van der Waals surface area contributed by atoms with Crippen molar-refractivity contribution < 1.29 is 19.5 Å². The van der Waals surface area contributed by atoms with Crippen LogP contribution in [0.4, 0.5) is 40.7 Å². The highest BCUT2D eigenvalue weighted by atomic mass is 79.9. The molecule has 0 unspecified atom stereocenters. The van der Waals surface area contributed by atoms with E-state index in [9.17, 15) is 9.59 Å². The molecule has 0 radical (unpaired) electrons. The Morgan fingerprint density at radius 3 is 1.41 bits per heavy atom. The largest absolute Gasteiger partial charge is 0.466 e. The Kier molecular flexibility index (Phi) is 29.5. The lowest BCUT2D eigenvalue weighted by Gasteiger charge is -2.21. The number of amides is 1. The van der Waals surface area contributed by atoms with Crippen LogP contribution in [0.15, 0.2) is 151 Å². The fraction of sp³-hybridized carbons (Fsp3) is 0.358. The molecule has 0 aliphatic carbocycles. The van der Waals surface area contributed by atoms with Gasteiger partial charge < -0.3 is 25.6 Å². The third-order valence-corrected chi connectivity index (χ3v) is 10.7. The van der Waals surface area contributed by atoms with Gasteiger partial charge in [-0.25, -0.2) is 25.4 Å². The number of nitrogens with one attached hydrogen (secondary N) is 2. The van der Waals surface area contributed by atoms with Gasteiger partial charge in [0.1, 0.15) is 27.9 Å². The molecule has 0 bridgehead atoms. The van der Waals surface area contributed by atoms with E-state index in [4.69, 9.17) is 15.7 Å². The minimum Gasteiger partial charge on any atom is -0.466 e. The number of ether oxygens (including phenoxy) is 1. The van der Waals surface area contributed by atoms with Gasteiger partial charge in [0.25, 0.3) is 0 Å². The van der Waals surface area contributed by atoms with E-state index in [-0.39, 0.29) is 19.3 Å². The number of pyridine rings is 4. The summed E-state index contributed by atoms with van der Waals surface area (Å²) in [6.07, 6.45) is 23.2. The summed E-state index contributed by atoms with van der Waals surface area (Å²) in [5.74, 6) is 5.33. The number of carbonyl (C=O) groups excluding carboxylic acids is 2. The van der Waals surface area contributed by atoms with Gasteiger partial charge in [0.2, 0.25) is 5.91 Å². The molecule has 8 heterocycles. The molecule has 0 fully saturated rings. The van der Waals surface area contributed by atoms with E-state index in [0.29, 0.717) is 25.3 Å². The van der Waals surface area contributed by atoms with Crippen LogP contribution in [0.3, 0.4) is 0 Å². The molecule has 0 saturated heterocycles. The van der Waals surface area contributed by atoms with Crippen molar-refractivity contribution in [3.8, 4) is 0 Å². The van der Waals surface area contributed by atoms with Gasteiger partial charge in [-0.05, 0) is 103 Å². The standard InChI is InChI=1S/C18H26N4O2.C16H23N5O2.C9H10N4.C5H4BrN.C4H7N3.CH4/c1-3-24-18(23)11-6-4-5-9-14-22(16-10-7-8-13-19-16)17-12-15-21(2)20-17;1-20-13-10-15(18-20)21(14-8-5-6-11-17-14)12-7-3-2-4-9-16(22)19-23;1-13-7-5-9(12-13)11-8-4-2-3-6-10-8;6-5-3-1-2-4-7-5;1-7-3-2-4(5)6-7;/h7-8,10,12-13,15H,3-6,9,11,14H2,1-2H3;5-6,8,10-11,13,23H,2-4,7,9,12H2,1H3,(H,19,22);2-7H,1H3,(H,10,11,12);1-4H;2-3H,1H3,(H2,5,6);1H4. The summed E-state index contributed by atoms with van der Waals surface area (Å²) in [7, 11) is 7.52. The fourth-order valence-corrected chi connectivity index (χ4v) is 7.00. The first-order chi connectivity index (χ1) is 35.9. The van der Waals surface area contributed by atoms with Gasteiger partial charge in [-0.15, -0.1) is 0 Å². The van der Waals surface area contributed by atoms with Crippen molar-refractivity contribution in [1.29, 1.82) is 0 Å². The first-order valence-electron chi connectivity index (χ1n) is 24.4. The third kappa shape index (κ3) is 25.5. The number of hydroxylamine groups is 1. The van der Waals surface area contributed by atoms with Crippen LogP contribution >= 0.6 is 15.9 Å². The number of aryl methyl sites for hydroxylation is 4. The highest BCUT2D eigenvalue weighted by Gasteiger charge is 2.14. The zero-order valence-corrected chi connectivity index (χ0v) is 44.5. The van der Waals surface area contributed by atoms with E-state index >= 15 is 0 Å². The maximum atomic E-state index is 11.3. The van der Waals surface area contributed by atoms with Crippen LogP contribution in [0.5, 0.6) is 0 Å². The number of hydrogen-bond donors (Lipinski definition) is 4. The molecule has 402 valence electrons. The van der Waals surface area contributed by atoms with E-state index in [1.54, 1.807) is 61.3 Å². The topological polar surface area (TPSA) is 243 Å². The maximum Gasteiger partial charge on any atom is 0.305 e. The SMILES string of the molecule is Brc1ccccn1.C.CCOC(=O)CCCCCCN(c1ccccn1)c1ccn(C)n1.Cn1ccc(N(CCCCCCC(=O)NO)c2ccccn2)n1.Cn1ccc(N)n1.Cn1ccc(Nc2ccccn2)n1. The zero-order chi connectivity index (χ0) is 53.2. The second-order valence-corrected chi connectivity index (χ2v) is 17.1. The summed E-state index contributed by atoms with van der Waals surface area (Å²) >= 11 is 3.20. The maximum absolute atomic E-state index is 11.3. The number of aromatic nitrogens is 12.